The molecule has 5 rings (SSSR count). The lowest BCUT2D eigenvalue weighted by Crippen LogP contribution is -2.44. The summed E-state index contributed by atoms with van der Waals surface area (Å²) in [6, 6.07) is 4.81. The van der Waals surface area contributed by atoms with Gasteiger partial charge in [0.25, 0.3) is 0 Å². The van der Waals surface area contributed by atoms with Crippen LogP contribution in [0.4, 0.5) is 0 Å². The molecule has 1 N–H and O–H groups in total. The van der Waals surface area contributed by atoms with E-state index >= 15 is 0 Å². The number of halogens is 1. The number of ketones is 1. The molecule has 2 aromatic rings. The summed E-state index contributed by atoms with van der Waals surface area (Å²) in [5.41, 5.74) is 1.43. The maximum absolute atomic E-state index is 13.7. The van der Waals surface area contributed by atoms with Gasteiger partial charge in [-0.1, -0.05) is 31.5 Å². The number of fused-ring (bicyclic) bond motifs is 2. The third-order valence-corrected chi connectivity index (χ3v) is 7.21. The molecule has 184 valence electrons. The number of rotatable bonds is 4. The molecule has 3 aliphatic rings. The fourth-order valence-corrected chi connectivity index (χ4v) is 5.60. The maximum Gasteiger partial charge on any atom is 0.336 e. The van der Waals surface area contributed by atoms with Crippen LogP contribution >= 0.6 is 11.6 Å². The van der Waals surface area contributed by atoms with Crippen LogP contribution in [0.1, 0.15) is 51.5 Å². The van der Waals surface area contributed by atoms with Crippen LogP contribution in [-0.2, 0) is 19.1 Å². The van der Waals surface area contributed by atoms with Crippen LogP contribution in [0.2, 0.25) is 5.02 Å². The fraction of sp³-hybridized carbons (Fsp3) is 0.444. The fourth-order valence-electron chi connectivity index (χ4n) is 5.43. The zero-order valence-electron chi connectivity index (χ0n) is 20.0. The Balaban J connectivity index is 1.64. The molecule has 1 saturated heterocycles. The zero-order chi connectivity index (χ0) is 24.9. The van der Waals surface area contributed by atoms with Gasteiger partial charge in [0.15, 0.2) is 5.43 Å². The van der Waals surface area contributed by atoms with Crippen molar-refractivity contribution >= 4 is 34.3 Å². The van der Waals surface area contributed by atoms with Gasteiger partial charge in [0.1, 0.15) is 18.0 Å². The Kier molecular flexibility index (Phi) is 6.09. The molecule has 0 saturated carbocycles. The number of allylic oxidation sites excluding steroid dienone is 3. The van der Waals surface area contributed by atoms with E-state index in [-0.39, 0.29) is 40.5 Å². The molecule has 0 amide bonds. The van der Waals surface area contributed by atoms with E-state index in [4.69, 9.17) is 25.5 Å². The predicted octanol–water partition coefficient (Wildman–Crippen LogP) is 4.63. The first-order valence-corrected chi connectivity index (χ1v) is 12.3. The number of Topliss-reactive ketones (excluding diaryl/α,β-unsaturated/α-hetero) is 1. The highest BCUT2D eigenvalue weighted by Crippen LogP contribution is 2.46. The number of carbonyl (C=O) groups excluding carboxylic acids is 2. The molecule has 35 heavy (non-hydrogen) atoms. The molecule has 1 aliphatic carbocycles. The number of hydrogen-bond acceptors (Lipinski definition) is 7. The van der Waals surface area contributed by atoms with E-state index in [1.54, 1.807) is 25.1 Å². The van der Waals surface area contributed by atoms with Gasteiger partial charge in [0, 0.05) is 40.9 Å². The van der Waals surface area contributed by atoms with E-state index in [2.05, 4.69) is 5.32 Å². The predicted molar refractivity (Wildman–Crippen MR) is 131 cm³/mol. The summed E-state index contributed by atoms with van der Waals surface area (Å²) in [7, 11) is 0. The highest BCUT2D eigenvalue weighted by Gasteiger charge is 2.47. The second-order valence-electron chi connectivity index (χ2n) is 10.2. The Labute approximate surface area is 208 Å². The van der Waals surface area contributed by atoms with Crippen molar-refractivity contribution in [3.05, 3.63) is 68.3 Å². The van der Waals surface area contributed by atoms with Gasteiger partial charge < -0.3 is 19.2 Å². The number of nitrogens with one attached hydrogen (secondary N) is 1. The Morgan fingerprint density at radius 3 is 2.80 bits per heavy atom. The van der Waals surface area contributed by atoms with Gasteiger partial charge in [-0.05, 0) is 43.4 Å². The first-order valence-electron chi connectivity index (χ1n) is 11.9. The lowest BCUT2D eigenvalue weighted by molar-refractivity contribution is -0.143. The van der Waals surface area contributed by atoms with Crippen molar-refractivity contribution in [1.29, 1.82) is 0 Å². The first kappa shape index (κ1) is 23.8. The van der Waals surface area contributed by atoms with Crippen LogP contribution in [-0.4, -0.2) is 31.1 Å². The van der Waals surface area contributed by atoms with Crippen LogP contribution in [0, 0.1) is 11.3 Å². The van der Waals surface area contributed by atoms with Gasteiger partial charge in [0.2, 0.25) is 0 Å². The SMILES string of the molecule is CC1=C(C(=O)OCC2CCCO2)C(c2coc3ccc(Cl)cc3c2=O)C2C(=O)CC(C)(C)C=C2N1. The second kappa shape index (κ2) is 8.95. The summed E-state index contributed by atoms with van der Waals surface area (Å²) < 4.78 is 17.0. The van der Waals surface area contributed by atoms with Gasteiger partial charge in [-0.15, -0.1) is 0 Å². The van der Waals surface area contributed by atoms with E-state index in [9.17, 15) is 14.4 Å². The molecular formula is C27H28ClNO6. The molecule has 0 radical (unpaired) electrons. The van der Waals surface area contributed by atoms with Crippen molar-refractivity contribution in [3.63, 3.8) is 0 Å². The molecule has 1 aromatic heterocycles. The Bertz CT molecular complexity index is 1330. The number of esters is 1. The van der Waals surface area contributed by atoms with Crippen LogP contribution in [0.5, 0.6) is 0 Å². The molecule has 3 atom stereocenters. The number of hydrogen-bond donors (Lipinski definition) is 1. The van der Waals surface area contributed by atoms with Crippen molar-refractivity contribution in [2.24, 2.45) is 11.3 Å². The summed E-state index contributed by atoms with van der Waals surface area (Å²) in [6.45, 7) is 6.51. The largest absolute Gasteiger partial charge is 0.464 e. The minimum absolute atomic E-state index is 0.0486. The topological polar surface area (TPSA) is 94.8 Å². The van der Waals surface area contributed by atoms with Crippen molar-refractivity contribution in [1.82, 2.24) is 5.32 Å². The minimum Gasteiger partial charge on any atom is -0.464 e. The molecule has 7 nitrogen and oxygen atoms in total. The van der Waals surface area contributed by atoms with Gasteiger partial charge >= 0.3 is 5.97 Å². The molecule has 8 heteroatoms. The summed E-state index contributed by atoms with van der Waals surface area (Å²) in [4.78, 5) is 40.6. The zero-order valence-corrected chi connectivity index (χ0v) is 20.7. The quantitative estimate of drug-likeness (QED) is 0.615. The van der Waals surface area contributed by atoms with E-state index in [1.165, 1.54) is 6.26 Å². The summed E-state index contributed by atoms with van der Waals surface area (Å²) >= 11 is 6.15. The van der Waals surface area contributed by atoms with Gasteiger partial charge in [-0.3, -0.25) is 9.59 Å². The standard InChI is InChI=1S/C27H28ClNO6/c1-14-22(26(32)35-12-16-5-4-8-33-16)23(24-19(29-14)10-27(2,3)11-20(24)30)18-13-34-21-7-6-15(28)9-17(21)25(18)31/h6-7,9-10,13,16,23-24,29H,4-5,8,11-12H2,1-3H3. The minimum atomic E-state index is -0.845. The average Bonchev–Trinajstić information content (AvgIpc) is 3.30. The first-order chi connectivity index (χ1) is 16.6. The lowest BCUT2D eigenvalue weighted by atomic mass is 9.66. The maximum atomic E-state index is 13.7. The number of benzene rings is 1. The molecule has 1 fully saturated rings. The van der Waals surface area contributed by atoms with Gasteiger partial charge in [0.05, 0.1) is 29.2 Å². The van der Waals surface area contributed by atoms with E-state index < -0.39 is 17.8 Å². The Hall–Kier alpha value is -2.90. The highest BCUT2D eigenvalue weighted by molar-refractivity contribution is 6.31. The lowest BCUT2D eigenvalue weighted by Gasteiger charge is -2.41. The molecule has 0 bridgehead atoms. The van der Waals surface area contributed by atoms with Crippen molar-refractivity contribution in [3.8, 4) is 0 Å². The number of carbonyl (C=O) groups is 2. The van der Waals surface area contributed by atoms with Crippen molar-refractivity contribution in [2.45, 2.75) is 52.1 Å². The van der Waals surface area contributed by atoms with Crippen LogP contribution in [0.3, 0.4) is 0 Å². The van der Waals surface area contributed by atoms with Gasteiger partial charge in [-0.25, -0.2) is 4.79 Å². The van der Waals surface area contributed by atoms with E-state index in [1.807, 2.05) is 19.9 Å². The van der Waals surface area contributed by atoms with Crippen LogP contribution in [0.25, 0.3) is 11.0 Å². The van der Waals surface area contributed by atoms with Crippen LogP contribution < -0.4 is 10.7 Å². The normalized spacial score (nSPS) is 25.8. The second-order valence-corrected chi connectivity index (χ2v) is 10.7. The molecule has 3 heterocycles. The van der Waals surface area contributed by atoms with E-state index in [0.29, 0.717) is 40.4 Å². The van der Waals surface area contributed by atoms with Crippen LogP contribution in [0.15, 0.2) is 56.7 Å². The summed E-state index contributed by atoms with van der Waals surface area (Å²) in [5.74, 6) is -2.19. The van der Waals surface area contributed by atoms with E-state index in [0.717, 1.165) is 12.8 Å². The number of ether oxygens (including phenoxy) is 2. The monoisotopic (exact) mass is 497 g/mol. The molecule has 2 aliphatic heterocycles. The van der Waals surface area contributed by atoms with Crippen molar-refractivity contribution in [2.75, 3.05) is 13.2 Å². The summed E-state index contributed by atoms with van der Waals surface area (Å²) in [5, 5.41) is 3.96. The van der Waals surface area contributed by atoms with Crippen molar-refractivity contribution < 1.29 is 23.5 Å². The Morgan fingerprint density at radius 1 is 1.26 bits per heavy atom. The third-order valence-electron chi connectivity index (χ3n) is 6.98. The molecule has 0 spiro atoms. The summed E-state index contributed by atoms with van der Waals surface area (Å²) in [6.07, 6.45) is 5.28. The molecular weight excluding hydrogens is 470 g/mol. The molecule has 3 unspecified atom stereocenters. The smallest absolute Gasteiger partial charge is 0.336 e. The van der Waals surface area contributed by atoms with Gasteiger partial charge in [-0.2, -0.15) is 0 Å². The Morgan fingerprint density at radius 2 is 2.06 bits per heavy atom. The average molecular weight is 498 g/mol. The third kappa shape index (κ3) is 4.43. The highest BCUT2D eigenvalue weighted by atomic mass is 35.5. The molecule has 1 aromatic carbocycles.